The lowest BCUT2D eigenvalue weighted by molar-refractivity contribution is 0.105. The molecule has 1 aromatic heterocycles. The first kappa shape index (κ1) is 13.6. The zero-order valence-electron chi connectivity index (χ0n) is 11.2. The number of benzene rings is 1. The van der Waals surface area contributed by atoms with E-state index in [1.165, 1.54) is 11.3 Å². The average Bonchev–Trinajstić information content (AvgIpc) is 2.79. The molecule has 3 heteroatoms. The average molecular weight is 272 g/mol. The Labute approximate surface area is 117 Å². The van der Waals surface area contributed by atoms with Gasteiger partial charge in [0.15, 0.2) is 5.78 Å². The van der Waals surface area contributed by atoms with Crippen LogP contribution in [0.4, 0.5) is 0 Å². The Kier molecular flexibility index (Phi) is 3.86. The number of hydrogen-bond acceptors (Lipinski definition) is 3. The standard InChI is InChI=1S/C16H16O2S/c1-10-6-15(19-9-10)14(17)5-4-13-7-11(2)16(18)12(3)8-13/h4-9,18H,1-3H3. The molecular weight excluding hydrogens is 256 g/mol. The third-order valence-corrected chi connectivity index (χ3v) is 3.98. The number of carbonyl (C=O) groups is 1. The van der Waals surface area contributed by atoms with Gasteiger partial charge in [-0.05, 0) is 72.7 Å². The van der Waals surface area contributed by atoms with Crippen molar-refractivity contribution in [2.75, 3.05) is 0 Å². The minimum Gasteiger partial charge on any atom is -0.507 e. The Bertz CT molecular complexity index is 628. The summed E-state index contributed by atoms with van der Waals surface area (Å²) >= 11 is 1.46. The fourth-order valence-electron chi connectivity index (χ4n) is 1.90. The van der Waals surface area contributed by atoms with Gasteiger partial charge in [-0.1, -0.05) is 6.08 Å². The Morgan fingerprint density at radius 2 is 1.79 bits per heavy atom. The topological polar surface area (TPSA) is 37.3 Å². The summed E-state index contributed by atoms with van der Waals surface area (Å²) in [5.41, 5.74) is 3.67. The molecule has 2 nitrogen and oxygen atoms in total. The summed E-state index contributed by atoms with van der Waals surface area (Å²) in [6, 6.07) is 5.63. The van der Waals surface area contributed by atoms with Gasteiger partial charge < -0.3 is 5.11 Å². The van der Waals surface area contributed by atoms with Crippen LogP contribution in [0.1, 0.15) is 31.9 Å². The smallest absolute Gasteiger partial charge is 0.195 e. The monoisotopic (exact) mass is 272 g/mol. The number of aromatic hydroxyl groups is 1. The van der Waals surface area contributed by atoms with Crippen LogP contribution < -0.4 is 0 Å². The van der Waals surface area contributed by atoms with E-state index in [4.69, 9.17) is 0 Å². The lowest BCUT2D eigenvalue weighted by atomic mass is 10.0. The Morgan fingerprint density at radius 3 is 2.32 bits per heavy atom. The first-order chi connectivity index (χ1) is 8.97. The van der Waals surface area contributed by atoms with Gasteiger partial charge in [0, 0.05) is 0 Å². The van der Waals surface area contributed by atoms with Crippen LogP contribution in [0.5, 0.6) is 5.75 Å². The van der Waals surface area contributed by atoms with E-state index in [0.717, 1.165) is 27.1 Å². The van der Waals surface area contributed by atoms with Crippen LogP contribution >= 0.6 is 11.3 Å². The molecule has 0 bridgehead atoms. The Morgan fingerprint density at radius 1 is 1.16 bits per heavy atom. The largest absolute Gasteiger partial charge is 0.507 e. The van der Waals surface area contributed by atoms with Crippen molar-refractivity contribution in [3.8, 4) is 5.75 Å². The fourth-order valence-corrected chi connectivity index (χ4v) is 2.72. The summed E-state index contributed by atoms with van der Waals surface area (Å²) in [7, 11) is 0. The van der Waals surface area contributed by atoms with Gasteiger partial charge in [0.1, 0.15) is 5.75 Å². The highest BCUT2D eigenvalue weighted by atomic mass is 32.1. The van der Waals surface area contributed by atoms with Crippen molar-refractivity contribution in [3.05, 3.63) is 56.8 Å². The van der Waals surface area contributed by atoms with Crippen LogP contribution in [0, 0.1) is 20.8 Å². The Hall–Kier alpha value is -1.87. The molecule has 1 N–H and O–H groups in total. The summed E-state index contributed by atoms with van der Waals surface area (Å²) in [5.74, 6) is 0.332. The van der Waals surface area contributed by atoms with E-state index in [-0.39, 0.29) is 5.78 Å². The molecule has 0 fully saturated rings. The summed E-state index contributed by atoms with van der Waals surface area (Å²) in [6.07, 6.45) is 3.37. The predicted octanol–water partition coefficient (Wildman–Crippen LogP) is 4.28. The van der Waals surface area contributed by atoms with Crippen molar-refractivity contribution in [1.82, 2.24) is 0 Å². The highest BCUT2D eigenvalue weighted by molar-refractivity contribution is 7.12. The number of rotatable bonds is 3. The number of phenols is 1. The third kappa shape index (κ3) is 3.12. The lowest BCUT2D eigenvalue weighted by Gasteiger charge is -2.04. The van der Waals surface area contributed by atoms with Gasteiger partial charge in [-0.2, -0.15) is 0 Å². The Balaban J connectivity index is 2.21. The quantitative estimate of drug-likeness (QED) is 0.669. The number of hydrogen-bond donors (Lipinski definition) is 1. The first-order valence-electron chi connectivity index (χ1n) is 6.05. The molecule has 0 aliphatic carbocycles. The first-order valence-corrected chi connectivity index (χ1v) is 6.93. The van der Waals surface area contributed by atoms with E-state index < -0.39 is 0 Å². The molecule has 19 heavy (non-hydrogen) atoms. The summed E-state index contributed by atoms with van der Waals surface area (Å²) in [6.45, 7) is 5.68. The fraction of sp³-hybridized carbons (Fsp3) is 0.188. The zero-order chi connectivity index (χ0) is 14.0. The highest BCUT2D eigenvalue weighted by Crippen LogP contribution is 2.23. The van der Waals surface area contributed by atoms with Gasteiger partial charge in [0.2, 0.25) is 0 Å². The number of thiophene rings is 1. The van der Waals surface area contributed by atoms with Gasteiger partial charge in [0.25, 0.3) is 0 Å². The lowest BCUT2D eigenvalue weighted by Crippen LogP contribution is -1.89. The van der Waals surface area contributed by atoms with E-state index in [0.29, 0.717) is 5.75 Å². The molecule has 0 saturated heterocycles. The molecule has 2 aromatic rings. The molecule has 0 spiro atoms. The molecular formula is C16H16O2S. The molecule has 0 amide bonds. The maximum Gasteiger partial charge on any atom is 0.195 e. The molecule has 0 saturated carbocycles. The van der Waals surface area contributed by atoms with Gasteiger partial charge in [-0.25, -0.2) is 0 Å². The molecule has 2 rings (SSSR count). The summed E-state index contributed by atoms with van der Waals surface area (Å²) in [4.78, 5) is 12.7. The normalized spacial score (nSPS) is 11.1. The highest BCUT2D eigenvalue weighted by Gasteiger charge is 2.05. The number of ketones is 1. The molecule has 0 radical (unpaired) electrons. The van der Waals surface area contributed by atoms with Gasteiger partial charge in [-0.15, -0.1) is 11.3 Å². The van der Waals surface area contributed by atoms with E-state index in [1.54, 1.807) is 12.2 Å². The van der Waals surface area contributed by atoms with Crippen LogP contribution in [0.15, 0.2) is 29.7 Å². The van der Waals surface area contributed by atoms with Gasteiger partial charge >= 0.3 is 0 Å². The molecule has 0 unspecified atom stereocenters. The van der Waals surface area contributed by atoms with Gasteiger partial charge in [0.05, 0.1) is 4.88 Å². The molecule has 0 atom stereocenters. The van der Waals surface area contributed by atoms with Crippen LogP contribution in [0.25, 0.3) is 6.08 Å². The van der Waals surface area contributed by atoms with E-state index in [2.05, 4.69) is 0 Å². The zero-order valence-corrected chi connectivity index (χ0v) is 12.0. The SMILES string of the molecule is Cc1csc(C(=O)C=Cc2cc(C)c(O)c(C)c2)c1. The maximum atomic E-state index is 11.9. The van der Waals surface area contributed by atoms with Crippen LogP contribution in [-0.2, 0) is 0 Å². The van der Waals surface area contributed by atoms with Crippen molar-refractivity contribution >= 4 is 23.2 Å². The van der Waals surface area contributed by atoms with E-state index >= 15 is 0 Å². The van der Waals surface area contributed by atoms with Crippen molar-refractivity contribution in [1.29, 1.82) is 0 Å². The molecule has 1 aromatic carbocycles. The number of phenolic OH excluding ortho intramolecular Hbond substituents is 1. The van der Waals surface area contributed by atoms with Crippen molar-refractivity contribution < 1.29 is 9.90 Å². The second-order valence-electron chi connectivity index (χ2n) is 4.69. The molecule has 98 valence electrons. The van der Waals surface area contributed by atoms with Crippen molar-refractivity contribution in [2.45, 2.75) is 20.8 Å². The minimum atomic E-state index is 0.0153. The second kappa shape index (κ2) is 5.41. The van der Waals surface area contributed by atoms with Gasteiger partial charge in [-0.3, -0.25) is 4.79 Å². The predicted molar refractivity (Wildman–Crippen MR) is 80.0 cm³/mol. The third-order valence-electron chi connectivity index (χ3n) is 2.91. The number of allylic oxidation sites excluding steroid dienone is 1. The minimum absolute atomic E-state index is 0.0153. The summed E-state index contributed by atoms with van der Waals surface area (Å²) in [5, 5.41) is 11.7. The molecule has 0 aliphatic rings. The number of carbonyl (C=O) groups excluding carboxylic acids is 1. The number of aryl methyl sites for hydroxylation is 3. The van der Waals surface area contributed by atoms with E-state index in [1.807, 2.05) is 44.4 Å². The second-order valence-corrected chi connectivity index (χ2v) is 5.60. The van der Waals surface area contributed by atoms with E-state index in [9.17, 15) is 9.90 Å². The maximum absolute atomic E-state index is 11.9. The van der Waals surface area contributed by atoms with Crippen LogP contribution in [-0.4, -0.2) is 10.9 Å². The van der Waals surface area contributed by atoms with Crippen molar-refractivity contribution in [3.63, 3.8) is 0 Å². The summed E-state index contributed by atoms with van der Waals surface area (Å²) < 4.78 is 0. The molecule has 0 aliphatic heterocycles. The molecule has 1 heterocycles. The van der Waals surface area contributed by atoms with Crippen molar-refractivity contribution in [2.24, 2.45) is 0 Å². The van der Waals surface area contributed by atoms with Crippen LogP contribution in [0.3, 0.4) is 0 Å². The van der Waals surface area contributed by atoms with Crippen LogP contribution in [0.2, 0.25) is 0 Å².